The number of nitrogens with one attached hydrogen (secondary N) is 1. The van der Waals surface area contributed by atoms with Crippen LogP contribution in [0.5, 0.6) is 0 Å². The number of nitrogens with zero attached hydrogens (tertiary/aromatic N) is 4. The van der Waals surface area contributed by atoms with E-state index < -0.39 is 11.0 Å². The van der Waals surface area contributed by atoms with Gasteiger partial charge < -0.3 is 15.3 Å². The molecule has 2 aromatic carbocycles. The number of rotatable bonds is 6. The van der Waals surface area contributed by atoms with Gasteiger partial charge in [0.05, 0.1) is 17.1 Å². The second-order valence-electron chi connectivity index (χ2n) is 10.4. The van der Waals surface area contributed by atoms with Crippen molar-refractivity contribution in [1.29, 1.82) is 0 Å². The van der Waals surface area contributed by atoms with Crippen molar-refractivity contribution in [2.75, 3.05) is 18.0 Å². The summed E-state index contributed by atoms with van der Waals surface area (Å²) in [7, 11) is 0. The molecule has 1 amide bonds. The number of hydrogen-bond donors (Lipinski definition) is 2. The Morgan fingerprint density at radius 1 is 1.11 bits per heavy atom. The zero-order valence-corrected chi connectivity index (χ0v) is 20.9. The Morgan fingerprint density at radius 2 is 1.78 bits per heavy atom. The molecule has 1 aliphatic rings. The molecule has 0 unspecified atom stereocenters. The van der Waals surface area contributed by atoms with E-state index in [0.717, 1.165) is 33.6 Å². The Labute approximate surface area is 209 Å². The molecule has 1 fully saturated rings. The van der Waals surface area contributed by atoms with Gasteiger partial charge in [0.25, 0.3) is 0 Å². The van der Waals surface area contributed by atoms with Crippen LogP contribution in [-0.4, -0.2) is 38.7 Å². The smallest absolute Gasteiger partial charge is 0.230 e. The van der Waals surface area contributed by atoms with Crippen LogP contribution in [0.3, 0.4) is 0 Å². The molecule has 1 aliphatic heterocycles. The molecule has 0 aliphatic carbocycles. The van der Waals surface area contributed by atoms with Crippen LogP contribution >= 0.6 is 0 Å². The van der Waals surface area contributed by atoms with Crippen molar-refractivity contribution in [3.8, 4) is 11.1 Å². The van der Waals surface area contributed by atoms with Gasteiger partial charge in [-0.3, -0.25) is 4.79 Å². The lowest BCUT2D eigenvalue weighted by Gasteiger charge is -2.47. The van der Waals surface area contributed by atoms with E-state index in [4.69, 9.17) is 0 Å². The van der Waals surface area contributed by atoms with Gasteiger partial charge in [-0.15, -0.1) is 0 Å². The maximum Gasteiger partial charge on any atom is 0.230 e. The Balaban J connectivity index is 1.31. The number of halogens is 1. The summed E-state index contributed by atoms with van der Waals surface area (Å²) in [6.07, 6.45) is 3.48. The summed E-state index contributed by atoms with van der Waals surface area (Å²) in [5, 5.41) is 17.7. The molecular weight excluding hydrogens is 457 g/mol. The number of anilines is 1. The van der Waals surface area contributed by atoms with Gasteiger partial charge in [0.2, 0.25) is 5.91 Å². The molecule has 0 bridgehead atoms. The van der Waals surface area contributed by atoms with Crippen LogP contribution in [0.25, 0.3) is 16.6 Å². The quantitative estimate of drug-likeness (QED) is 0.420. The van der Waals surface area contributed by atoms with E-state index in [-0.39, 0.29) is 17.8 Å². The highest BCUT2D eigenvalue weighted by molar-refractivity contribution is 5.87. The van der Waals surface area contributed by atoms with Crippen LogP contribution in [0, 0.1) is 11.2 Å². The van der Waals surface area contributed by atoms with Crippen molar-refractivity contribution < 1.29 is 14.3 Å². The van der Waals surface area contributed by atoms with Gasteiger partial charge in [-0.25, -0.2) is 13.9 Å². The standard InChI is InChI=1S/C28H30FN5O2/c1-18(19-7-11-23(29)12-8-19)32-26(35)28(4)15-33(16-28)25-24-13-21(14-34(24)31-17-30-25)20-5-9-22(10-6-20)27(2,3)36/h5-14,17-18,36H,15-16H2,1-4H3,(H,32,35)/t18-/m0/s1. The summed E-state index contributed by atoms with van der Waals surface area (Å²) < 4.78 is 15.0. The van der Waals surface area contributed by atoms with Gasteiger partial charge in [0.15, 0.2) is 5.82 Å². The van der Waals surface area contributed by atoms with Gasteiger partial charge in [-0.05, 0) is 62.6 Å². The third kappa shape index (κ3) is 4.44. The van der Waals surface area contributed by atoms with Crippen LogP contribution < -0.4 is 10.2 Å². The monoisotopic (exact) mass is 487 g/mol. The van der Waals surface area contributed by atoms with E-state index in [9.17, 15) is 14.3 Å². The van der Waals surface area contributed by atoms with Gasteiger partial charge in [0, 0.05) is 24.8 Å². The average Bonchev–Trinajstić information content (AvgIpc) is 3.26. The maximum atomic E-state index is 13.2. The number of amides is 1. The summed E-state index contributed by atoms with van der Waals surface area (Å²) in [6.45, 7) is 8.44. The van der Waals surface area contributed by atoms with Crippen molar-refractivity contribution in [1.82, 2.24) is 19.9 Å². The van der Waals surface area contributed by atoms with Gasteiger partial charge in [-0.2, -0.15) is 5.10 Å². The number of benzene rings is 2. The highest BCUT2D eigenvalue weighted by atomic mass is 19.1. The number of aliphatic hydroxyl groups is 1. The number of fused-ring (bicyclic) bond motifs is 1. The third-order valence-corrected chi connectivity index (χ3v) is 6.96. The molecule has 2 N–H and O–H groups in total. The second-order valence-corrected chi connectivity index (χ2v) is 10.4. The largest absolute Gasteiger partial charge is 0.386 e. The first-order valence-corrected chi connectivity index (χ1v) is 12.0. The van der Waals surface area contributed by atoms with Crippen molar-refractivity contribution in [3.63, 3.8) is 0 Å². The molecular formula is C28H30FN5O2. The maximum absolute atomic E-state index is 13.2. The number of hydrogen-bond acceptors (Lipinski definition) is 5. The number of carbonyl (C=O) groups excluding carboxylic acids is 1. The third-order valence-electron chi connectivity index (χ3n) is 6.96. The fourth-order valence-electron chi connectivity index (χ4n) is 4.68. The number of aromatic nitrogens is 3. The molecule has 7 nitrogen and oxygen atoms in total. The van der Waals surface area contributed by atoms with Crippen LogP contribution in [0.15, 0.2) is 67.1 Å². The molecule has 8 heteroatoms. The van der Waals surface area contributed by atoms with Gasteiger partial charge in [0.1, 0.15) is 17.7 Å². The van der Waals surface area contributed by atoms with Crippen molar-refractivity contribution in [2.24, 2.45) is 5.41 Å². The molecule has 2 aromatic heterocycles. The lowest BCUT2D eigenvalue weighted by Crippen LogP contribution is -2.62. The Morgan fingerprint density at radius 3 is 2.42 bits per heavy atom. The molecule has 5 rings (SSSR count). The summed E-state index contributed by atoms with van der Waals surface area (Å²) >= 11 is 0. The van der Waals surface area contributed by atoms with Gasteiger partial charge in [-0.1, -0.05) is 36.4 Å². The first-order chi connectivity index (χ1) is 17.0. The van der Waals surface area contributed by atoms with Crippen molar-refractivity contribution >= 4 is 17.2 Å². The fourth-order valence-corrected chi connectivity index (χ4v) is 4.68. The highest BCUT2D eigenvalue weighted by Gasteiger charge is 2.46. The highest BCUT2D eigenvalue weighted by Crippen LogP contribution is 2.37. The first-order valence-electron chi connectivity index (χ1n) is 12.0. The van der Waals surface area contributed by atoms with E-state index in [1.165, 1.54) is 18.5 Å². The molecule has 0 radical (unpaired) electrons. The minimum atomic E-state index is -0.893. The van der Waals surface area contributed by atoms with Crippen LogP contribution in [0.2, 0.25) is 0 Å². The Kier molecular flexibility index (Phi) is 5.79. The molecule has 3 heterocycles. The van der Waals surface area contributed by atoms with E-state index in [1.54, 1.807) is 30.5 Å². The normalized spacial score (nSPS) is 16.0. The minimum absolute atomic E-state index is 0.0383. The summed E-state index contributed by atoms with van der Waals surface area (Å²) in [6, 6.07) is 15.8. The topological polar surface area (TPSA) is 82.8 Å². The molecule has 1 atom stereocenters. The Hall–Kier alpha value is -3.78. The van der Waals surface area contributed by atoms with Crippen LogP contribution in [0.1, 0.15) is 44.9 Å². The second kappa shape index (κ2) is 8.71. The Bertz CT molecular complexity index is 1400. The van der Waals surface area contributed by atoms with Crippen LogP contribution in [-0.2, 0) is 10.4 Å². The molecule has 0 saturated carbocycles. The fraction of sp³-hybridized carbons (Fsp3) is 0.321. The van der Waals surface area contributed by atoms with Crippen molar-refractivity contribution in [2.45, 2.75) is 39.3 Å². The van der Waals surface area contributed by atoms with E-state index >= 15 is 0 Å². The lowest BCUT2D eigenvalue weighted by atomic mass is 9.80. The average molecular weight is 488 g/mol. The van der Waals surface area contributed by atoms with E-state index in [2.05, 4.69) is 20.3 Å². The zero-order valence-electron chi connectivity index (χ0n) is 20.9. The lowest BCUT2D eigenvalue weighted by molar-refractivity contribution is -0.132. The molecule has 36 heavy (non-hydrogen) atoms. The molecule has 4 aromatic rings. The zero-order chi connectivity index (χ0) is 25.7. The molecule has 186 valence electrons. The predicted molar refractivity (Wildman–Crippen MR) is 137 cm³/mol. The van der Waals surface area contributed by atoms with E-state index in [0.29, 0.717) is 13.1 Å². The summed E-state index contributed by atoms with van der Waals surface area (Å²) in [4.78, 5) is 19.7. The predicted octanol–water partition coefficient (Wildman–Crippen LogP) is 4.47. The first kappa shape index (κ1) is 23.9. The molecule has 1 saturated heterocycles. The summed E-state index contributed by atoms with van der Waals surface area (Å²) in [5.41, 5.74) is 3.13. The number of carbonyl (C=O) groups is 1. The van der Waals surface area contributed by atoms with Gasteiger partial charge >= 0.3 is 0 Å². The van der Waals surface area contributed by atoms with E-state index in [1.807, 2.05) is 50.4 Å². The SMILES string of the molecule is C[C@H](NC(=O)C1(C)CN(c2ncnn3cc(-c4ccc(C(C)(C)O)cc4)cc23)C1)c1ccc(F)cc1. The van der Waals surface area contributed by atoms with Crippen molar-refractivity contribution in [3.05, 3.63) is 84.1 Å². The summed E-state index contributed by atoms with van der Waals surface area (Å²) in [5.74, 6) is 0.444. The minimum Gasteiger partial charge on any atom is -0.386 e. The molecule has 0 spiro atoms. The van der Waals surface area contributed by atoms with Crippen LogP contribution in [0.4, 0.5) is 10.2 Å².